The van der Waals surface area contributed by atoms with Crippen LogP contribution in [0, 0.1) is 0 Å². The lowest BCUT2D eigenvalue weighted by Crippen LogP contribution is -2.26. The van der Waals surface area contributed by atoms with Crippen molar-refractivity contribution in [1.82, 2.24) is 14.3 Å². The Bertz CT molecular complexity index is 742. The fourth-order valence-electron chi connectivity index (χ4n) is 2.12. The SMILES string of the molecule is CC(=O)Nc1ccccc1S(=O)(=O)NCCCCn1ccnc1. The van der Waals surface area contributed by atoms with Gasteiger partial charge in [0.2, 0.25) is 15.9 Å². The number of imidazole rings is 1. The number of nitrogens with one attached hydrogen (secondary N) is 2. The normalized spacial score (nSPS) is 11.3. The first-order valence-electron chi connectivity index (χ1n) is 7.31. The number of aryl methyl sites for hydroxylation is 1. The molecule has 124 valence electrons. The average molecular weight is 336 g/mol. The van der Waals surface area contributed by atoms with Crippen LogP contribution < -0.4 is 10.0 Å². The number of aromatic nitrogens is 2. The molecular weight excluding hydrogens is 316 g/mol. The van der Waals surface area contributed by atoms with E-state index < -0.39 is 10.0 Å². The van der Waals surface area contributed by atoms with Gasteiger partial charge in [0.1, 0.15) is 4.90 Å². The van der Waals surface area contributed by atoms with Gasteiger partial charge >= 0.3 is 0 Å². The summed E-state index contributed by atoms with van der Waals surface area (Å²) in [5.74, 6) is -0.312. The molecule has 2 rings (SSSR count). The van der Waals surface area contributed by atoms with Crippen LogP contribution >= 0.6 is 0 Å². The molecule has 0 saturated carbocycles. The number of unbranched alkanes of at least 4 members (excludes halogenated alkanes) is 1. The van der Waals surface area contributed by atoms with E-state index in [1.807, 2.05) is 10.8 Å². The molecule has 8 heteroatoms. The molecule has 2 N–H and O–H groups in total. The molecule has 0 bridgehead atoms. The van der Waals surface area contributed by atoms with Gasteiger partial charge in [-0.2, -0.15) is 0 Å². The highest BCUT2D eigenvalue weighted by atomic mass is 32.2. The van der Waals surface area contributed by atoms with E-state index in [0.717, 1.165) is 13.0 Å². The summed E-state index contributed by atoms with van der Waals surface area (Å²) in [6.45, 7) is 2.47. The van der Waals surface area contributed by atoms with Gasteiger partial charge in [-0.15, -0.1) is 0 Å². The third kappa shape index (κ3) is 5.19. The van der Waals surface area contributed by atoms with Crippen molar-refractivity contribution >= 4 is 21.6 Å². The zero-order valence-corrected chi connectivity index (χ0v) is 13.7. The maximum Gasteiger partial charge on any atom is 0.242 e. The Morgan fingerprint density at radius 1 is 1.26 bits per heavy atom. The van der Waals surface area contributed by atoms with E-state index in [1.54, 1.807) is 30.7 Å². The monoisotopic (exact) mass is 336 g/mol. The minimum atomic E-state index is -3.65. The van der Waals surface area contributed by atoms with E-state index >= 15 is 0 Å². The van der Waals surface area contributed by atoms with Crippen LogP contribution in [0.15, 0.2) is 47.9 Å². The molecule has 2 aromatic rings. The number of benzene rings is 1. The van der Waals surface area contributed by atoms with Gasteiger partial charge < -0.3 is 9.88 Å². The molecule has 0 unspecified atom stereocenters. The van der Waals surface area contributed by atoms with Crippen molar-refractivity contribution in [2.75, 3.05) is 11.9 Å². The van der Waals surface area contributed by atoms with Crippen LogP contribution in [-0.2, 0) is 21.4 Å². The van der Waals surface area contributed by atoms with Crippen LogP contribution in [0.3, 0.4) is 0 Å². The summed E-state index contributed by atoms with van der Waals surface area (Å²) in [6.07, 6.45) is 6.86. The Morgan fingerprint density at radius 2 is 2.04 bits per heavy atom. The Balaban J connectivity index is 1.90. The second-order valence-corrected chi connectivity index (χ2v) is 6.82. The van der Waals surface area contributed by atoms with E-state index in [2.05, 4.69) is 15.0 Å². The third-order valence-electron chi connectivity index (χ3n) is 3.18. The first-order chi connectivity index (χ1) is 11.0. The number of hydrogen-bond acceptors (Lipinski definition) is 4. The fourth-order valence-corrected chi connectivity index (χ4v) is 3.35. The predicted molar refractivity (Wildman–Crippen MR) is 87.4 cm³/mol. The molecule has 0 aliphatic carbocycles. The van der Waals surface area contributed by atoms with Gasteiger partial charge in [-0.25, -0.2) is 18.1 Å². The largest absolute Gasteiger partial charge is 0.337 e. The zero-order valence-electron chi connectivity index (χ0n) is 12.9. The number of hydrogen-bond donors (Lipinski definition) is 2. The van der Waals surface area contributed by atoms with Crippen molar-refractivity contribution in [2.45, 2.75) is 31.2 Å². The van der Waals surface area contributed by atoms with E-state index in [1.165, 1.54) is 13.0 Å². The minimum absolute atomic E-state index is 0.0739. The van der Waals surface area contributed by atoms with E-state index in [-0.39, 0.29) is 16.5 Å². The van der Waals surface area contributed by atoms with Crippen molar-refractivity contribution in [1.29, 1.82) is 0 Å². The third-order valence-corrected chi connectivity index (χ3v) is 4.70. The summed E-state index contributed by atoms with van der Waals surface area (Å²) in [5, 5.41) is 2.53. The number of carbonyl (C=O) groups excluding carboxylic acids is 1. The summed E-state index contributed by atoms with van der Waals surface area (Å²) in [6, 6.07) is 6.34. The summed E-state index contributed by atoms with van der Waals surface area (Å²) >= 11 is 0. The molecule has 0 fully saturated rings. The lowest BCUT2D eigenvalue weighted by molar-refractivity contribution is -0.114. The van der Waals surface area contributed by atoms with Crippen LogP contribution in [0.5, 0.6) is 0 Å². The van der Waals surface area contributed by atoms with Gasteiger partial charge in [0, 0.05) is 32.4 Å². The van der Waals surface area contributed by atoms with Gasteiger partial charge in [0.25, 0.3) is 0 Å². The molecule has 0 spiro atoms. The van der Waals surface area contributed by atoms with Gasteiger partial charge in [-0.05, 0) is 25.0 Å². The van der Waals surface area contributed by atoms with Crippen LogP contribution in [0.4, 0.5) is 5.69 Å². The number of anilines is 1. The molecule has 0 saturated heterocycles. The number of sulfonamides is 1. The summed E-state index contributed by atoms with van der Waals surface area (Å²) < 4.78 is 29.2. The van der Waals surface area contributed by atoms with E-state index in [9.17, 15) is 13.2 Å². The maximum absolute atomic E-state index is 12.3. The number of para-hydroxylation sites is 1. The molecule has 7 nitrogen and oxygen atoms in total. The van der Waals surface area contributed by atoms with Crippen LogP contribution in [0.25, 0.3) is 0 Å². The highest BCUT2D eigenvalue weighted by Crippen LogP contribution is 2.20. The first kappa shape index (κ1) is 17.2. The standard InChI is InChI=1S/C15H20N4O3S/c1-13(20)18-14-6-2-3-7-15(14)23(21,22)17-8-4-5-10-19-11-9-16-12-19/h2-3,6-7,9,11-12,17H,4-5,8,10H2,1H3,(H,18,20). The number of carbonyl (C=O) groups is 1. The molecule has 23 heavy (non-hydrogen) atoms. The van der Waals surface area contributed by atoms with Gasteiger partial charge in [-0.3, -0.25) is 4.79 Å². The lowest BCUT2D eigenvalue weighted by Gasteiger charge is -2.11. The highest BCUT2D eigenvalue weighted by Gasteiger charge is 2.18. The molecule has 0 atom stereocenters. The van der Waals surface area contributed by atoms with Gasteiger partial charge in [-0.1, -0.05) is 12.1 Å². The Labute approximate surface area is 135 Å². The highest BCUT2D eigenvalue weighted by molar-refractivity contribution is 7.89. The quantitative estimate of drug-likeness (QED) is 0.716. The second kappa shape index (κ2) is 7.89. The van der Waals surface area contributed by atoms with Crippen molar-refractivity contribution in [3.63, 3.8) is 0 Å². The van der Waals surface area contributed by atoms with E-state index in [4.69, 9.17) is 0 Å². The molecular formula is C15H20N4O3S. The second-order valence-electron chi connectivity index (χ2n) is 5.08. The van der Waals surface area contributed by atoms with Crippen LogP contribution in [0.2, 0.25) is 0 Å². The van der Waals surface area contributed by atoms with Gasteiger partial charge in [0.05, 0.1) is 12.0 Å². The van der Waals surface area contributed by atoms with E-state index in [0.29, 0.717) is 13.0 Å². The average Bonchev–Trinajstić information content (AvgIpc) is 3.00. The van der Waals surface area contributed by atoms with Crippen molar-refractivity contribution in [2.24, 2.45) is 0 Å². The molecule has 0 aliphatic rings. The molecule has 1 aromatic carbocycles. The molecule has 0 aliphatic heterocycles. The molecule has 1 aromatic heterocycles. The Morgan fingerprint density at radius 3 is 2.74 bits per heavy atom. The number of nitrogens with zero attached hydrogens (tertiary/aromatic N) is 2. The zero-order chi connectivity index (χ0) is 16.7. The lowest BCUT2D eigenvalue weighted by atomic mass is 10.3. The van der Waals surface area contributed by atoms with Crippen molar-refractivity contribution in [3.8, 4) is 0 Å². The van der Waals surface area contributed by atoms with Crippen LogP contribution in [0.1, 0.15) is 19.8 Å². The predicted octanol–water partition coefficient (Wildman–Crippen LogP) is 1.60. The maximum atomic E-state index is 12.3. The number of rotatable bonds is 8. The fraction of sp³-hybridized carbons (Fsp3) is 0.333. The van der Waals surface area contributed by atoms with Crippen molar-refractivity contribution in [3.05, 3.63) is 43.0 Å². The number of amides is 1. The molecule has 0 radical (unpaired) electrons. The summed E-state index contributed by atoms with van der Waals surface area (Å²) in [7, 11) is -3.65. The smallest absolute Gasteiger partial charge is 0.242 e. The Hall–Kier alpha value is -2.19. The summed E-state index contributed by atoms with van der Waals surface area (Å²) in [4.78, 5) is 15.2. The van der Waals surface area contributed by atoms with Crippen molar-refractivity contribution < 1.29 is 13.2 Å². The van der Waals surface area contributed by atoms with Gasteiger partial charge in [0.15, 0.2) is 0 Å². The molecule has 1 heterocycles. The molecule has 1 amide bonds. The first-order valence-corrected chi connectivity index (χ1v) is 8.79. The van der Waals surface area contributed by atoms with Crippen LogP contribution in [-0.4, -0.2) is 30.4 Å². The Kier molecular flexibility index (Phi) is 5.89. The summed E-state index contributed by atoms with van der Waals surface area (Å²) in [5.41, 5.74) is 0.283. The minimum Gasteiger partial charge on any atom is -0.337 e. The topological polar surface area (TPSA) is 93.1 Å².